The van der Waals surface area contributed by atoms with Crippen LogP contribution in [0.3, 0.4) is 0 Å². The number of amides is 1. The number of halogens is 2. The number of carbonyl (C=O) groups excluding carboxylic acids is 1. The van der Waals surface area contributed by atoms with Crippen LogP contribution in [0.5, 0.6) is 0 Å². The number of anilines is 1. The third-order valence-corrected chi connectivity index (χ3v) is 5.13. The summed E-state index contributed by atoms with van der Waals surface area (Å²) >= 11 is 0. The summed E-state index contributed by atoms with van der Waals surface area (Å²) in [6.07, 6.45) is 0.946. The second-order valence-electron chi connectivity index (χ2n) is 6.98. The molecule has 4 nitrogen and oxygen atoms in total. The van der Waals surface area contributed by atoms with Crippen molar-refractivity contribution in [2.75, 3.05) is 24.5 Å². The van der Waals surface area contributed by atoms with Crippen molar-refractivity contribution < 1.29 is 18.0 Å². The highest BCUT2D eigenvalue weighted by molar-refractivity contribution is 5.98. The molecule has 3 aromatic rings. The van der Waals surface area contributed by atoms with Crippen LogP contribution in [0.2, 0.25) is 0 Å². The van der Waals surface area contributed by atoms with Gasteiger partial charge in [-0.2, -0.15) is 0 Å². The average molecular weight is 370 g/mol. The standard InChI is InChI=1S/C21H20F2N2O2/c1-13-18-10-16(23)4-7-19(18)27-20(13)21(26)24-11-14-8-9-25(12-14)17-5-2-15(22)3-6-17/h2-7,10,14H,8-9,11-12H2,1H3,(H,24,26). The van der Waals surface area contributed by atoms with Crippen molar-refractivity contribution in [3.63, 3.8) is 0 Å². The molecule has 0 saturated carbocycles. The molecule has 1 aliphatic heterocycles. The summed E-state index contributed by atoms with van der Waals surface area (Å²) in [5.41, 5.74) is 2.13. The van der Waals surface area contributed by atoms with Gasteiger partial charge in [0.05, 0.1) is 0 Å². The second kappa shape index (κ2) is 7.02. The maximum absolute atomic E-state index is 13.4. The largest absolute Gasteiger partial charge is 0.451 e. The van der Waals surface area contributed by atoms with E-state index in [9.17, 15) is 13.6 Å². The Morgan fingerprint density at radius 1 is 1.19 bits per heavy atom. The number of nitrogens with one attached hydrogen (secondary N) is 1. The normalized spacial score (nSPS) is 16.9. The predicted molar refractivity (Wildman–Crippen MR) is 100.0 cm³/mol. The van der Waals surface area contributed by atoms with Crippen LogP contribution in [0.15, 0.2) is 46.9 Å². The topological polar surface area (TPSA) is 45.5 Å². The van der Waals surface area contributed by atoms with Gasteiger partial charge in [-0.1, -0.05) is 0 Å². The lowest BCUT2D eigenvalue weighted by Gasteiger charge is -2.18. The second-order valence-corrected chi connectivity index (χ2v) is 6.98. The molecule has 2 heterocycles. The number of hydrogen-bond acceptors (Lipinski definition) is 3. The maximum atomic E-state index is 13.4. The van der Waals surface area contributed by atoms with Crippen molar-refractivity contribution in [2.45, 2.75) is 13.3 Å². The number of furan rings is 1. The van der Waals surface area contributed by atoms with E-state index in [0.29, 0.717) is 29.0 Å². The Kier molecular flexibility index (Phi) is 4.56. The van der Waals surface area contributed by atoms with Gasteiger partial charge >= 0.3 is 0 Å². The van der Waals surface area contributed by atoms with Gasteiger partial charge in [-0.15, -0.1) is 0 Å². The van der Waals surface area contributed by atoms with E-state index >= 15 is 0 Å². The Hall–Kier alpha value is -2.89. The number of fused-ring (bicyclic) bond motifs is 1. The van der Waals surface area contributed by atoms with Crippen LogP contribution in [0.25, 0.3) is 11.0 Å². The molecule has 0 spiro atoms. The summed E-state index contributed by atoms with van der Waals surface area (Å²) in [6, 6.07) is 10.7. The number of hydrogen-bond donors (Lipinski definition) is 1. The molecule has 1 aliphatic rings. The molecule has 1 atom stereocenters. The van der Waals surface area contributed by atoms with E-state index in [0.717, 1.165) is 25.2 Å². The lowest BCUT2D eigenvalue weighted by Crippen LogP contribution is -2.31. The van der Waals surface area contributed by atoms with E-state index in [1.807, 2.05) is 0 Å². The molecular weight excluding hydrogens is 350 g/mol. The quantitative estimate of drug-likeness (QED) is 0.746. The maximum Gasteiger partial charge on any atom is 0.287 e. The van der Waals surface area contributed by atoms with Crippen molar-refractivity contribution in [1.29, 1.82) is 0 Å². The highest BCUT2D eigenvalue weighted by Gasteiger charge is 2.24. The molecule has 2 aromatic carbocycles. The zero-order chi connectivity index (χ0) is 19.0. The van der Waals surface area contributed by atoms with E-state index < -0.39 is 0 Å². The van der Waals surface area contributed by atoms with E-state index in [1.165, 1.54) is 30.3 Å². The lowest BCUT2D eigenvalue weighted by molar-refractivity contribution is 0.0922. The molecule has 0 aliphatic carbocycles. The van der Waals surface area contributed by atoms with Crippen LogP contribution >= 0.6 is 0 Å². The molecule has 27 heavy (non-hydrogen) atoms. The first-order valence-electron chi connectivity index (χ1n) is 8.98. The van der Waals surface area contributed by atoms with Gasteiger partial charge in [-0.3, -0.25) is 4.79 Å². The summed E-state index contributed by atoms with van der Waals surface area (Å²) < 4.78 is 32.1. The monoisotopic (exact) mass is 370 g/mol. The molecule has 0 bridgehead atoms. The molecule has 140 valence electrons. The molecule has 1 aromatic heterocycles. The zero-order valence-corrected chi connectivity index (χ0v) is 15.0. The summed E-state index contributed by atoms with van der Waals surface area (Å²) in [4.78, 5) is 14.7. The van der Waals surface area contributed by atoms with Crippen molar-refractivity contribution in [2.24, 2.45) is 5.92 Å². The highest BCUT2D eigenvalue weighted by Crippen LogP contribution is 2.27. The Labute approximate surface area is 155 Å². The number of aryl methyl sites for hydroxylation is 1. The third kappa shape index (κ3) is 3.52. The fraction of sp³-hybridized carbons (Fsp3) is 0.286. The Morgan fingerprint density at radius 3 is 2.70 bits per heavy atom. The predicted octanol–water partition coefficient (Wildman–Crippen LogP) is 4.28. The first-order chi connectivity index (χ1) is 13.0. The molecule has 4 rings (SSSR count). The van der Waals surface area contributed by atoms with Crippen LogP contribution < -0.4 is 10.2 Å². The van der Waals surface area contributed by atoms with Gasteiger partial charge in [-0.25, -0.2) is 8.78 Å². The number of benzene rings is 2. The Morgan fingerprint density at radius 2 is 1.93 bits per heavy atom. The van der Waals surface area contributed by atoms with E-state index in [2.05, 4.69) is 10.2 Å². The summed E-state index contributed by atoms with van der Waals surface area (Å²) in [5.74, 6) is -0.359. The van der Waals surface area contributed by atoms with Crippen LogP contribution in [-0.4, -0.2) is 25.5 Å². The fourth-order valence-corrected chi connectivity index (χ4v) is 3.61. The van der Waals surface area contributed by atoms with Gasteiger partial charge in [0.2, 0.25) is 0 Å². The van der Waals surface area contributed by atoms with Gasteiger partial charge in [-0.05, 0) is 61.7 Å². The molecule has 1 N–H and O–H groups in total. The molecule has 1 unspecified atom stereocenters. The van der Waals surface area contributed by atoms with Gasteiger partial charge in [0.1, 0.15) is 17.2 Å². The number of rotatable bonds is 4. The first-order valence-corrected chi connectivity index (χ1v) is 8.98. The summed E-state index contributed by atoms with van der Waals surface area (Å²) in [5, 5.41) is 3.54. The molecule has 0 radical (unpaired) electrons. The minimum absolute atomic E-state index is 0.226. The SMILES string of the molecule is Cc1c(C(=O)NCC2CCN(c3ccc(F)cc3)C2)oc2ccc(F)cc12. The molecule has 1 fully saturated rings. The minimum Gasteiger partial charge on any atom is -0.451 e. The van der Waals surface area contributed by atoms with Crippen LogP contribution in [0, 0.1) is 24.5 Å². The van der Waals surface area contributed by atoms with E-state index in [1.54, 1.807) is 19.1 Å². The van der Waals surface area contributed by atoms with Crippen LogP contribution in [0.4, 0.5) is 14.5 Å². The fourth-order valence-electron chi connectivity index (χ4n) is 3.61. The van der Waals surface area contributed by atoms with Gasteiger partial charge in [0, 0.05) is 36.3 Å². The lowest BCUT2D eigenvalue weighted by atomic mass is 10.1. The van der Waals surface area contributed by atoms with Crippen molar-refractivity contribution in [1.82, 2.24) is 5.32 Å². The smallest absolute Gasteiger partial charge is 0.287 e. The van der Waals surface area contributed by atoms with Crippen molar-refractivity contribution in [3.05, 3.63) is 65.4 Å². The molecular formula is C21H20F2N2O2. The summed E-state index contributed by atoms with van der Waals surface area (Å²) in [7, 11) is 0. The van der Waals surface area contributed by atoms with Crippen molar-refractivity contribution in [3.8, 4) is 0 Å². The molecule has 1 amide bonds. The molecule has 6 heteroatoms. The van der Waals surface area contributed by atoms with E-state index in [-0.39, 0.29) is 23.3 Å². The average Bonchev–Trinajstić information content (AvgIpc) is 3.26. The Balaban J connectivity index is 1.38. The first kappa shape index (κ1) is 17.5. The number of carbonyl (C=O) groups is 1. The Bertz CT molecular complexity index is 982. The van der Waals surface area contributed by atoms with Gasteiger partial charge in [0.25, 0.3) is 5.91 Å². The zero-order valence-electron chi connectivity index (χ0n) is 15.0. The minimum atomic E-state index is -0.356. The van der Waals surface area contributed by atoms with Crippen LogP contribution in [0.1, 0.15) is 22.5 Å². The number of nitrogens with zero attached hydrogens (tertiary/aromatic N) is 1. The highest BCUT2D eigenvalue weighted by atomic mass is 19.1. The van der Waals surface area contributed by atoms with Crippen molar-refractivity contribution >= 4 is 22.6 Å². The van der Waals surface area contributed by atoms with Gasteiger partial charge in [0.15, 0.2) is 5.76 Å². The molecule has 1 saturated heterocycles. The van der Waals surface area contributed by atoms with E-state index in [4.69, 9.17) is 4.42 Å². The third-order valence-electron chi connectivity index (χ3n) is 5.13. The summed E-state index contributed by atoms with van der Waals surface area (Å²) in [6.45, 7) is 3.96. The van der Waals surface area contributed by atoms with Crippen LogP contribution in [-0.2, 0) is 0 Å². The van der Waals surface area contributed by atoms with Gasteiger partial charge < -0.3 is 14.6 Å².